The van der Waals surface area contributed by atoms with E-state index in [1.807, 2.05) is 18.2 Å². The van der Waals surface area contributed by atoms with E-state index < -0.39 is 11.7 Å². The third kappa shape index (κ3) is 5.56. The predicted octanol–water partition coefficient (Wildman–Crippen LogP) is 4.81. The second-order valence-corrected chi connectivity index (χ2v) is 8.57. The minimum Gasteiger partial charge on any atom is -0.341 e. The maximum Gasteiger partial charge on any atom is 0.254 e. The molecule has 2 amide bonds. The summed E-state index contributed by atoms with van der Waals surface area (Å²) in [7, 11) is 0. The van der Waals surface area contributed by atoms with Gasteiger partial charge in [-0.25, -0.2) is 9.37 Å². The minimum atomic E-state index is -0.664. The molecule has 0 aliphatic carbocycles. The molecule has 3 aromatic rings. The molecule has 1 aliphatic rings. The van der Waals surface area contributed by atoms with Gasteiger partial charge < -0.3 is 20.9 Å². The lowest BCUT2D eigenvalue weighted by Crippen LogP contribution is -2.29. The summed E-state index contributed by atoms with van der Waals surface area (Å²) in [5.41, 5.74) is 2.58. The van der Waals surface area contributed by atoms with Crippen LogP contribution in [0.4, 0.5) is 33.2 Å². The van der Waals surface area contributed by atoms with Gasteiger partial charge in [0.05, 0.1) is 24.0 Å². The fourth-order valence-corrected chi connectivity index (χ4v) is 4.10. The van der Waals surface area contributed by atoms with Gasteiger partial charge in [0.25, 0.3) is 5.91 Å². The number of anilines is 5. The third-order valence-corrected chi connectivity index (χ3v) is 5.96. The zero-order valence-electron chi connectivity index (χ0n) is 19.6. The quantitative estimate of drug-likeness (QED) is 0.415. The molecule has 0 spiro atoms. The van der Waals surface area contributed by atoms with Crippen LogP contribution >= 0.6 is 11.6 Å². The second-order valence-electron chi connectivity index (χ2n) is 8.16. The number of benzene rings is 2. The summed E-state index contributed by atoms with van der Waals surface area (Å²) in [6, 6.07) is 9.85. The van der Waals surface area contributed by atoms with Gasteiger partial charge in [0.1, 0.15) is 10.8 Å². The van der Waals surface area contributed by atoms with Gasteiger partial charge >= 0.3 is 0 Å². The normalized spacial score (nSPS) is 12.7. The van der Waals surface area contributed by atoms with Crippen molar-refractivity contribution in [3.8, 4) is 12.3 Å². The molecule has 0 fully saturated rings. The second kappa shape index (κ2) is 11.1. The van der Waals surface area contributed by atoms with Gasteiger partial charge in [-0.15, -0.1) is 6.42 Å². The predicted molar refractivity (Wildman–Crippen MR) is 139 cm³/mol. The van der Waals surface area contributed by atoms with Crippen molar-refractivity contribution in [2.24, 2.45) is 0 Å². The van der Waals surface area contributed by atoms with Gasteiger partial charge in [0.15, 0.2) is 5.82 Å². The lowest BCUT2D eigenvalue weighted by molar-refractivity contribution is -0.116. The standard InChI is InChI=1S/C26H24ClFN6O2/c1-3-12-29-25(36)19-8-6-9-21(28)23(19)32-24-20(27)15-30-26(33-24)31-18-11-10-17-7-4-5-13-34(16(2)35)22(17)14-18/h1,6,8-11,14-15H,4-5,7,12-13H2,2H3,(H,29,36)(H2,30,31,32,33). The molecule has 0 bridgehead atoms. The summed E-state index contributed by atoms with van der Waals surface area (Å²) in [6.45, 7) is 2.22. The van der Waals surface area contributed by atoms with Crippen LogP contribution in [-0.4, -0.2) is 34.9 Å². The first kappa shape index (κ1) is 24.9. The Balaban J connectivity index is 1.62. The molecule has 184 valence electrons. The first-order valence-electron chi connectivity index (χ1n) is 11.3. The van der Waals surface area contributed by atoms with Crippen molar-refractivity contribution >= 4 is 52.2 Å². The number of rotatable bonds is 6. The van der Waals surface area contributed by atoms with E-state index in [0.29, 0.717) is 12.2 Å². The molecule has 1 aromatic heterocycles. The number of nitrogens with one attached hydrogen (secondary N) is 3. The lowest BCUT2D eigenvalue weighted by Gasteiger charge is -2.22. The molecule has 36 heavy (non-hydrogen) atoms. The molecule has 4 rings (SSSR count). The Bertz CT molecular complexity index is 1360. The molecular formula is C26H24ClFN6O2. The number of aromatic nitrogens is 2. The van der Waals surface area contributed by atoms with Crippen molar-refractivity contribution in [3.05, 3.63) is 64.6 Å². The number of hydrogen-bond acceptors (Lipinski definition) is 6. The van der Waals surface area contributed by atoms with Crippen molar-refractivity contribution in [2.75, 3.05) is 28.6 Å². The first-order chi connectivity index (χ1) is 17.4. The van der Waals surface area contributed by atoms with Crippen molar-refractivity contribution in [1.82, 2.24) is 15.3 Å². The van der Waals surface area contributed by atoms with Crippen LogP contribution in [0.2, 0.25) is 5.02 Å². The highest BCUT2D eigenvalue weighted by molar-refractivity contribution is 6.33. The maximum atomic E-state index is 14.7. The fraction of sp³-hybridized carbons (Fsp3) is 0.231. The Hall–Kier alpha value is -4.16. The molecule has 2 aromatic carbocycles. The minimum absolute atomic E-state index is 0.00104. The number of amides is 2. The van der Waals surface area contributed by atoms with Crippen LogP contribution in [0.1, 0.15) is 35.7 Å². The lowest BCUT2D eigenvalue weighted by atomic mass is 10.1. The Kier molecular flexibility index (Phi) is 7.66. The molecule has 8 nitrogen and oxygen atoms in total. The van der Waals surface area contributed by atoms with E-state index in [0.717, 1.165) is 30.5 Å². The summed E-state index contributed by atoms with van der Waals surface area (Å²) in [6.07, 6.45) is 9.40. The summed E-state index contributed by atoms with van der Waals surface area (Å²) in [5.74, 6) is 1.38. The zero-order valence-corrected chi connectivity index (χ0v) is 20.3. The SMILES string of the molecule is C#CCNC(=O)c1cccc(F)c1Nc1nc(Nc2ccc3c(c2)N(C(C)=O)CCCC3)ncc1Cl. The number of carbonyl (C=O) groups is 2. The van der Waals surface area contributed by atoms with E-state index >= 15 is 0 Å². The highest BCUT2D eigenvalue weighted by Crippen LogP contribution is 2.32. The molecule has 0 saturated carbocycles. The molecule has 1 aliphatic heterocycles. The van der Waals surface area contributed by atoms with Crippen molar-refractivity contribution < 1.29 is 14.0 Å². The van der Waals surface area contributed by atoms with Gasteiger partial charge in [0.2, 0.25) is 11.9 Å². The average Bonchev–Trinajstić information content (AvgIpc) is 3.08. The molecule has 3 N–H and O–H groups in total. The van der Waals surface area contributed by atoms with Gasteiger partial charge in [-0.1, -0.05) is 29.7 Å². The fourth-order valence-electron chi connectivity index (χ4n) is 3.97. The largest absolute Gasteiger partial charge is 0.341 e. The van der Waals surface area contributed by atoms with Crippen LogP contribution in [0.15, 0.2) is 42.6 Å². The molecule has 10 heteroatoms. The van der Waals surface area contributed by atoms with Gasteiger partial charge in [-0.3, -0.25) is 9.59 Å². The molecule has 0 radical (unpaired) electrons. The van der Waals surface area contributed by atoms with Crippen LogP contribution in [-0.2, 0) is 11.2 Å². The summed E-state index contributed by atoms with van der Waals surface area (Å²) in [5, 5.41) is 8.56. The van der Waals surface area contributed by atoms with Crippen molar-refractivity contribution in [3.63, 3.8) is 0 Å². The first-order valence-corrected chi connectivity index (χ1v) is 11.7. The smallest absolute Gasteiger partial charge is 0.254 e. The molecular weight excluding hydrogens is 483 g/mol. The highest BCUT2D eigenvalue weighted by Gasteiger charge is 2.20. The Labute approximate surface area is 213 Å². The summed E-state index contributed by atoms with van der Waals surface area (Å²) >= 11 is 6.27. The zero-order chi connectivity index (χ0) is 25.7. The van der Waals surface area contributed by atoms with E-state index in [1.54, 1.807) is 11.8 Å². The van der Waals surface area contributed by atoms with Gasteiger partial charge in [-0.05, 0) is 49.1 Å². The maximum absolute atomic E-state index is 14.7. The summed E-state index contributed by atoms with van der Waals surface area (Å²) in [4.78, 5) is 35.0. The number of hydrogen-bond donors (Lipinski definition) is 3. The number of terminal acetylenes is 1. The van der Waals surface area contributed by atoms with E-state index in [1.165, 1.54) is 24.4 Å². The van der Waals surface area contributed by atoms with Crippen LogP contribution in [0.3, 0.4) is 0 Å². The number of fused-ring (bicyclic) bond motifs is 1. The van der Waals surface area contributed by atoms with Crippen LogP contribution < -0.4 is 20.9 Å². The third-order valence-electron chi connectivity index (χ3n) is 5.69. The number of para-hydroxylation sites is 1. The van der Waals surface area contributed by atoms with Crippen LogP contribution in [0.25, 0.3) is 0 Å². The van der Waals surface area contributed by atoms with Crippen molar-refractivity contribution in [2.45, 2.75) is 26.2 Å². The van der Waals surface area contributed by atoms with E-state index in [9.17, 15) is 14.0 Å². The van der Waals surface area contributed by atoms with Crippen LogP contribution in [0.5, 0.6) is 0 Å². The summed E-state index contributed by atoms with van der Waals surface area (Å²) < 4.78 is 14.7. The number of nitrogens with zero attached hydrogens (tertiary/aromatic N) is 3. The molecule has 0 atom stereocenters. The van der Waals surface area contributed by atoms with Crippen molar-refractivity contribution in [1.29, 1.82) is 0 Å². The Morgan fingerprint density at radius 3 is 2.83 bits per heavy atom. The monoisotopic (exact) mass is 506 g/mol. The molecule has 0 unspecified atom stereocenters. The van der Waals surface area contributed by atoms with Gasteiger partial charge in [-0.2, -0.15) is 4.98 Å². The van der Waals surface area contributed by atoms with Gasteiger partial charge in [0, 0.05) is 24.8 Å². The average molecular weight is 507 g/mol. The van der Waals surface area contributed by atoms with E-state index in [2.05, 4.69) is 31.8 Å². The molecule has 2 heterocycles. The highest BCUT2D eigenvalue weighted by atomic mass is 35.5. The van der Waals surface area contributed by atoms with Crippen LogP contribution in [0, 0.1) is 18.2 Å². The Morgan fingerprint density at radius 2 is 2.06 bits per heavy atom. The number of halogens is 2. The topological polar surface area (TPSA) is 99.2 Å². The number of carbonyl (C=O) groups excluding carboxylic acids is 2. The van der Waals surface area contributed by atoms with E-state index in [-0.39, 0.29) is 40.5 Å². The molecule has 0 saturated heterocycles. The number of aryl methyl sites for hydroxylation is 1. The van der Waals surface area contributed by atoms with E-state index in [4.69, 9.17) is 18.0 Å². The Morgan fingerprint density at radius 1 is 1.22 bits per heavy atom.